The molecule has 0 unspecified atom stereocenters. The topological polar surface area (TPSA) is 67.8 Å². The van der Waals surface area contributed by atoms with Crippen molar-refractivity contribution in [1.29, 1.82) is 0 Å². The van der Waals surface area contributed by atoms with Crippen LogP contribution in [0.3, 0.4) is 0 Å². The van der Waals surface area contributed by atoms with E-state index in [-0.39, 0.29) is 6.79 Å². The molecule has 2 N–H and O–H groups in total. The fraction of sp³-hybridized carbons (Fsp3) is 0.364. The maximum Gasteiger partial charge on any atom is 0.328 e. The minimum absolute atomic E-state index is 0.209. The van der Waals surface area contributed by atoms with Crippen LogP contribution in [0.4, 0.5) is 5.69 Å². The van der Waals surface area contributed by atoms with Crippen molar-refractivity contribution >= 4 is 11.7 Å². The molecule has 0 saturated carbocycles. The summed E-state index contributed by atoms with van der Waals surface area (Å²) in [7, 11) is 0. The number of carbonyl (C=O) groups is 1. The van der Waals surface area contributed by atoms with Crippen LogP contribution in [0.5, 0.6) is 11.5 Å². The first-order chi connectivity index (χ1) is 7.49. The monoisotopic (exact) mass is 223 g/mol. The number of fused-ring (bicyclic) bond motifs is 1. The molecule has 5 nitrogen and oxygen atoms in total. The van der Waals surface area contributed by atoms with Gasteiger partial charge in [0.15, 0.2) is 11.5 Å². The molecule has 0 radical (unpaired) electrons. The van der Waals surface area contributed by atoms with Gasteiger partial charge in [-0.3, -0.25) is 0 Å². The number of ether oxygens (including phenoxy) is 2. The van der Waals surface area contributed by atoms with Crippen LogP contribution in [-0.2, 0) is 4.79 Å². The zero-order valence-corrected chi connectivity index (χ0v) is 9.11. The van der Waals surface area contributed by atoms with Crippen LogP contribution in [0, 0.1) is 0 Å². The van der Waals surface area contributed by atoms with Crippen LogP contribution in [0.2, 0.25) is 0 Å². The smallest absolute Gasteiger partial charge is 0.328 e. The van der Waals surface area contributed by atoms with E-state index in [9.17, 15) is 4.79 Å². The molecule has 0 amide bonds. The van der Waals surface area contributed by atoms with Gasteiger partial charge in [-0.05, 0) is 26.0 Å². The molecule has 2 rings (SSSR count). The van der Waals surface area contributed by atoms with Crippen molar-refractivity contribution in [2.75, 3.05) is 12.1 Å². The number of aliphatic carboxylic acids is 1. The number of nitrogens with one attached hydrogen (secondary N) is 1. The maximum atomic E-state index is 10.9. The first-order valence-corrected chi connectivity index (χ1v) is 4.90. The van der Waals surface area contributed by atoms with Gasteiger partial charge in [-0.25, -0.2) is 4.79 Å². The Kier molecular flexibility index (Phi) is 2.38. The molecule has 0 aliphatic carbocycles. The third kappa shape index (κ3) is 1.88. The van der Waals surface area contributed by atoms with Gasteiger partial charge in [0.2, 0.25) is 6.79 Å². The molecule has 1 aliphatic heterocycles. The van der Waals surface area contributed by atoms with E-state index < -0.39 is 11.5 Å². The summed E-state index contributed by atoms with van der Waals surface area (Å²) in [4.78, 5) is 10.9. The van der Waals surface area contributed by atoms with Gasteiger partial charge >= 0.3 is 5.97 Å². The average Bonchev–Trinajstić information content (AvgIpc) is 2.63. The SMILES string of the molecule is CC(C)(Nc1ccc2c(c1)OCO2)C(=O)O. The standard InChI is InChI=1S/C11H13NO4/c1-11(2,10(13)14)12-7-3-4-8-9(5-7)16-6-15-8/h3-5,12H,6H2,1-2H3,(H,13,14). The minimum Gasteiger partial charge on any atom is -0.480 e. The van der Waals surface area contributed by atoms with E-state index in [1.54, 1.807) is 32.0 Å². The van der Waals surface area contributed by atoms with Gasteiger partial charge < -0.3 is 19.9 Å². The highest BCUT2D eigenvalue weighted by atomic mass is 16.7. The van der Waals surface area contributed by atoms with Gasteiger partial charge in [-0.15, -0.1) is 0 Å². The van der Waals surface area contributed by atoms with Gasteiger partial charge in [0, 0.05) is 11.8 Å². The lowest BCUT2D eigenvalue weighted by Crippen LogP contribution is -2.39. The van der Waals surface area contributed by atoms with Crippen molar-refractivity contribution in [3.63, 3.8) is 0 Å². The van der Waals surface area contributed by atoms with Crippen LogP contribution in [0.15, 0.2) is 18.2 Å². The highest BCUT2D eigenvalue weighted by Crippen LogP contribution is 2.34. The predicted octanol–water partition coefficient (Wildman–Crippen LogP) is 1.69. The molecule has 16 heavy (non-hydrogen) atoms. The highest BCUT2D eigenvalue weighted by molar-refractivity contribution is 5.81. The third-order valence-electron chi connectivity index (χ3n) is 2.36. The van der Waals surface area contributed by atoms with Crippen molar-refractivity contribution in [3.8, 4) is 11.5 Å². The van der Waals surface area contributed by atoms with Crippen molar-refractivity contribution in [2.45, 2.75) is 19.4 Å². The molecule has 0 spiro atoms. The Morgan fingerprint density at radius 2 is 2.06 bits per heavy atom. The second-order valence-electron chi connectivity index (χ2n) is 4.12. The summed E-state index contributed by atoms with van der Waals surface area (Å²) in [5, 5.41) is 11.9. The second kappa shape index (κ2) is 3.59. The molecule has 1 aromatic rings. The number of hydrogen-bond acceptors (Lipinski definition) is 4. The van der Waals surface area contributed by atoms with E-state index in [0.29, 0.717) is 17.2 Å². The molecular formula is C11H13NO4. The van der Waals surface area contributed by atoms with E-state index in [0.717, 1.165) is 0 Å². The molecule has 5 heteroatoms. The highest BCUT2D eigenvalue weighted by Gasteiger charge is 2.27. The Morgan fingerprint density at radius 3 is 2.75 bits per heavy atom. The minimum atomic E-state index is -1.02. The van der Waals surface area contributed by atoms with Crippen LogP contribution < -0.4 is 14.8 Å². The number of carboxylic acid groups (broad SMARTS) is 1. The van der Waals surface area contributed by atoms with Gasteiger partial charge in [-0.2, -0.15) is 0 Å². The molecule has 86 valence electrons. The normalized spacial score (nSPS) is 13.6. The van der Waals surface area contributed by atoms with Gasteiger partial charge in [0.25, 0.3) is 0 Å². The molecule has 0 atom stereocenters. The Morgan fingerprint density at radius 1 is 1.38 bits per heavy atom. The molecule has 0 saturated heterocycles. The zero-order chi connectivity index (χ0) is 11.8. The first-order valence-electron chi connectivity index (χ1n) is 4.90. The van der Waals surface area contributed by atoms with Crippen molar-refractivity contribution in [1.82, 2.24) is 0 Å². The quantitative estimate of drug-likeness (QED) is 0.816. The van der Waals surface area contributed by atoms with Crippen LogP contribution in [-0.4, -0.2) is 23.4 Å². The number of anilines is 1. The van der Waals surface area contributed by atoms with Crippen LogP contribution in [0.25, 0.3) is 0 Å². The summed E-state index contributed by atoms with van der Waals surface area (Å²) in [6, 6.07) is 5.24. The van der Waals surface area contributed by atoms with E-state index in [4.69, 9.17) is 14.6 Å². The molecule has 0 aromatic heterocycles. The molecule has 1 heterocycles. The molecule has 0 fully saturated rings. The number of carboxylic acids is 1. The number of rotatable bonds is 3. The van der Waals surface area contributed by atoms with E-state index in [1.165, 1.54) is 0 Å². The van der Waals surface area contributed by atoms with E-state index >= 15 is 0 Å². The van der Waals surface area contributed by atoms with Crippen molar-refractivity contribution in [3.05, 3.63) is 18.2 Å². The fourth-order valence-electron chi connectivity index (χ4n) is 1.39. The second-order valence-corrected chi connectivity index (χ2v) is 4.12. The lowest BCUT2D eigenvalue weighted by atomic mass is 10.1. The Labute approximate surface area is 93.0 Å². The predicted molar refractivity (Wildman–Crippen MR) is 57.9 cm³/mol. The largest absolute Gasteiger partial charge is 0.480 e. The zero-order valence-electron chi connectivity index (χ0n) is 9.11. The first kappa shape index (κ1) is 10.6. The lowest BCUT2D eigenvalue weighted by molar-refractivity contribution is -0.141. The van der Waals surface area contributed by atoms with E-state index in [2.05, 4.69) is 5.32 Å². The van der Waals surface area contributed by atoms with Crippen LogP contribution in [0.1, 0.15) is 13.8 Å². The van der Waals surface area contributed by atoms with Crippen molar-refractivity contribution in [2.24, 2.45) is 0 Å². The number of benzene rings is 1. The molecule has 1 aromatic carbocycles. The molecule has 1 aliphatic rings. The van der Waals surface area contributed by atoms with Crippen LogP contribution >= 0.6 is 0 Å². The fourth-order valence-corrected chi connectivity index (χ4v) is 1.39. The third-order valence-corrected chi connectivity index (χ3v) is 2.36. The average molecular weight is 223 g/mol. The summed E-state index contributed by atoms with van der Waals surface area (Å²) in [5.74, 6) is 0.398. The lowest BCUT2D eigenvalue weighted by Gasteiger charge is -2.22. The van der Waals surface area contributed by atoms with E-state index in [1.807, 2.05) is 0 Å². The van der Waals surface area contributed by atoms with Gasteiger partial charge in [0.05, 0.1) is 0 Å². The summed E-state index contributed by atoms with van der Waals surface area (Å²) in [6.07, 6.45) is 0. The summed E-state index contributed by atoms with van der Waals surface area (Å²) < 4.78 is 10.4. The molecule has 0 bridgehead atoms. The Balaban J connectivity index is 2.20. The summed E-state index contributed by atoms with van der Waals surface area (Å²) >= 11 is 0. The maximum absolute atomic E-state index is 10.9. The Hall–Kier alpha value is -1.91. The summed E-state index contributed by atoms with van der Waals surface area (Å²) in [6.45, 7) is 3.40. The molecular weight excluding hydrogens is 210 g/mol. The number of hydrogen-bond donors (Lipinski definition) is 2. The van der Waals surface area contributed by atoms with Gasteiger partial charge in [-0.1, -0.05) is 0 Å². The van der Waals surface area contributed by atoms with Gasteiger partial charge in [0.1, 0.15) is 5.54 Å². The van der Waals surface area contributed by atoms with Crippen molar-refractivity contribution < 1.29 is 19.4 Å². The summed E-state index contributed by atoms with van der Waals surface area (Å²) in [5.41, 5.74) is -0.329. The Bertz CT molecular complexity index is 428.